The van der Waals surface area contributed by atoms with E-state index in [1.165, 1.54) is 0 Å². The molecule has 176 valence electrons. The molecule has 2 aromatic heterocycles. The maximum atomic E-state index is 13.5. The van der Waals surface area contributed by atoms with Gasteiger partial charge < -0.3 is 14.5 Å². The molecule has 0 saturated carbocycles. The van der Waals surface area contributed by atoms with E-state index in [9.17, 15) is 9.59 Å². The monoisotopic (exact) mass is 477 g/mol. The van der Waals surface area contributed by atoms with Crippen LogP contribution in [-0.4, -0.2) is 75.5 Å². The highest BCUT2D eigenvalue weighted by atomic mass is 32.2. The van der Waals surface area contributed by atoms with Crippen molar-refractivity contribution in [1.82, 2.24) is 24.6 Å². The maximum absolute atomic E-state index is 13.5. The van der Waals surface area contributed by atoms with Crippen LogP contribution in [0.3, 0.4) is 0 Å². The standard InChI is InChI=1S/C25H27N5O3S/c1-34-22-8-3-2-7-19(22)24(31)29-11-9-21-20(17-29)23(25(32)28-12-14-33-15-13-28)27-30(21)16-18-6-4-5-10-26-18/h2-8,10H,9,11-17H2,1H3. The summed E-state index contributed by atoms with van der Waals surface area (Å²) in [6.45, 7) is 3.58. The fraction of sp³-hybridized carbons (Fsp3) is 0.360. The third-order valence-corrected chi connectivity index (χ3v) is 7.09. The Morgan fingerprint density at radius 3 is 2.56 bits per heavy atom. The molecule has 1 aromatic carbocycles. The number of fused-ring (bicyclic) bond motifs is 1. The summed E-state index contributed by atoms with van der Waals surface area (Å²) in [4.78, 5) is 35.9. The molecule has 0 radical (unpaired) electrons. The summed E-state index contributed by atoms with van der Waals surface area (Å²) in [6, 6.07) is 13.4. The van der Waals surface area contributed by atoms with Crippen LogP contribution in [0.5, 0.6) is 0 Å². The number of thioether (sulfide) groups is 1. The summed E-state index contributed by atoms with van der Waals surface area (Å²) in [7, 11) is 0. The zero-order valence-electron chi connectivity index (χ0n) is 19.1. The molecule has 5 rings (SSSR count). The van der Waals surface area contributed by atoms with Gasteiger partial charge in [0, 0.05) is 48.4 Å². The Labute approximate surface area is 202 Å². The SMILES string of the molecule is CSc1ccccc1C(=O)N1CCc2c(c(C(=O)N3CCOCC3)nn2Cc2ccccn2)C1. The Morgan fingerprint density at radius 1 is 1.00 bits per heavy atom. The molecule has 1 fully saturated rings. The number of aromatic nitrogens is 3. The van der Waals surface area contributed by atoms with E-state index in [2.05, 4.69) is 4.98 Å². The number of nitrogens with zero attached hydrogens (tertiary/aromatic N) is 5. The molecule has 0 atom stereocenters. The quantitative estimate of drug-likeness (QED) is 0.526. The predicted molar refractivity (Wildman–Crippen MR) is 129 cm³/mol. The third-order valence-electron chi connectivity index (χ3n) is 6.30. The van der Waals surface area contributed by atoms with Crippen LogP contribution in [0.25, 0.3) is 0 Å². The number of rotatable bonds is 5. The molecule has 34 heavy (non-hydrogen) atoms. The molecule has 3 aromatic rings. The lowest BCUT2D eigenvalue weighted by Gasteiger charge is -2.30. The Kier molecular flexibility index (Phi) is 6.64. The van der Waals surface area contributed by atoms with E-state index in [4.69, 9.17) is 9.84 Å². The van der Waals surface area contributed by atoms with Crippen molar-refractivity contribution in [2.45, 2.75) is 24.4 Å². The van der Waals surface area contributed by atoms with Gasteiger partial charge in [-0.3, -0.25) is 19.3 Å². The topological polar surface area (TPSA) is 80.6 Å². The van der Waals surface area contributed by atoms with Crippen molar-refractivity contribution >= 4 is 23.6 Å². The highest BCUT2D eigenvalue weighted by molar-refractivity contribution is 7.98. The maximum Gasteiger partial charge on any atom is 0.274 e. The molecule has 2 amide bonds. The number of morpholine rings is 1. The number of ether oxygens (including phenoxy) is 1. The Morgan fingerprint density at radius 2 is 1.79 bits per heavy atom. The summed E-state index contributed by atoms with van der Waals surface area (Å²) < 4.78 is 7.31. The lowest BCUT2D eigenvalue weighted by atomic mass is 10.0. The van der Waals surface area contributed by atoms with Crippen LogP contribution < -0.4 is 0 Å². The van der Waals surface area contributed by atoms with Crippen molar-refractivity contribution < 1.29 is 14.3 Å². The number of benzene rings is 1. The van der Waals surface area contributed by atoms with E-state index in [-0.39, 0.29) is 11.8 Å². The highest BCUT2D eigenvalue weighted by Gasteiger charge is 2.33. The van der Waals surface area contributed by atoms with Crippen LogP contribution in [0, 0.1) is 0 Å². The molecule has 0 unspecified atom stereocenters. The van der Waals surface area contributed by atoms with E-state index >= 15 is 0 Å². The van der Waals surface area contributed by atoms with Crippen LogP contribution in [0.2, 0.25) is 0 Å². The molecule has 0 bridgehead atoms. The van der Waals surface area contributed by atoms with Crippen LogP contribution in [-0.2, 0) is 24.2 Å². The predicted octanol–water partition coefficient (Wildman–Crippen LogP) is 2.72. The zero-order chi connectivity index (χ0) is 23.5. The normalized spacial score (nSPS) is 15.8. The zero-order valence-corrected chi connectivity index (χ0v) is 20.0. The molecule has 0 aliphatic carbocycles. The minimum Gasteiger partial charge on any atom is -0.378 e. The number of hydrogen-bond acceptors (Lipinski definition) is 6. The smallest absolute Gasteiger partial charge is 0.274 e. The third kappa shape index (κ3) is 4.45. The highest BCUT2D eigenvalue weighted by Crippen LogP contribution is 2.28. The molecule has 9 heteroatoms. The molecule has 0 spiro atoms. The fourth-order valence-corrected chi connectivity index (χ4v) is 5.11. The summed E-state index contributed by atoms with van der Waals surface area (Å²) in [5.41, 5.74) is 3.85. The molecule has 0 N–H and O–H groups in total. The Bertz CT molecular complexity index is 1190. The second-order valence-electron chi connectivity index (χ2n) is 8.33. The molecule has 8 nitrogen and oxygen atoms in total. The van der Waals surface area contributed by atoms with Crippen LogP contribution in [0.15, 0.2) is 53.6 Å². The van der Waals surface area contributed by atoms with Gasteiger partial charge in [0.15, 0.2) is 5.69 Å². The molecule has 2 aliphatic rings. The molecular formula is C25H27N5O3S. The van der Waals surface area contributed by atoms with Gasteiger partial charge in [-0.05, 0) is 30.5 Å². The van der Waals surface area contributed by atoms with Crippen molar-refractivity contribution in [3.8, 4) is 0 Å². The number of hydrogen-bond donors (Lipinski definition) is 0. The Hall–Kier alpha value is -3.17. The first-order valence-electron chi connectivity index (χ1n) is 11.4. The minimum atomic E-state index is -0.0990. The minimum absolute atomic E-state index is 0.0159. The van der Waals surface area contributed by atoms with Gasteiger partial charge in [-0.1, -0.05) is 18.2 Å². The first kappa shape index (κ1) is 22.6. The van der Waals surface area contributed by atoms with Gasteiger partial charge in [0.2, 0.25) is 0 Å². The second-order valence-corrected chi connectivity index (χ2v) is 9.18. The average molecular weight is 478 g/mol. The van der Waals surface area contributed by atoms with Crippen molar-refractivity contribution in [1.29, 1.82) is 0 Å². The Balaban J connectivity index is 1.48. The van der Waals surface area contributed by atoms with Crippen molar-refractivity contribution in [2.75, 3.05) is 39.1 Å². The van der Waals surface area contributed by atoms with E-state index in [1.807, 2.05) is 58.3 Å². The van der Waals surface area contributed by atoms with Gasteiger partial charge in [-0.15, -0.1) is 11.8 Å². The molecule has 2 aliphatic heterocycles. The number of pyridine rings is 1. The number of amides is 2. The first-order chi connectivity index (χ1) is 16.7. The van der Waals surface area contributed by atoms with E-state index in [1.54, 1.807) is 22.9 Å². The summed E-state index contributed by atoms with van der Waals surface area (Å²) >= 11 is 1.56. The lowest BCUT2D eigenvalue weighted by Crippen LogP contribution is -2.42. The van der Waals surface area contributed by atoms with Gasteiger partial charge >= 0.3 is 0 Å². The van der Waals surface area contributed by atoms with Gasteiger partial charge in [0.05, 0.1) is 37.6 Å². The first-order valence-corrected chi connectivity index (χ1v) is 12.7. The molecule has 4 heterocycles. The fourth-order valence-electron chi connectivity index (χ4n) is 4.52. The van der Waals surface area contributed by atoms with Crippen molar-refractivity contribution in [3.63, 3.8) is 0 Å². The van der Waals surface area contributed by atoms with Gasteiger partial charge in [-0.2, -0.15) is 5.10 Å². The van der Waals surface area contributed by atoms with Crippen molar-refractivity contribution in [3.05, 3.63) is 76.9 Å². The summed E-state index contributed by atoms with van der Waals surface area (Å²) in [5.74, 6) is -0.115. The van der Waals surface area contributed by atoms with E-state index in [0.717, 1.165) is 21.8 Å². The average Bonchev–Trinajstić information content (AvgIpc) is 3.26. The van der Waals surface area contributed by atoms with E-state index in [0.29, 0.717) is 63.6 Å². The van der Waals surface area contributed by atoms with Crippen LogP contribution >= 0.6 is 11.8 Å². The molecular weight excluding hydrogens is 450 g/mol. The second kappa shape index (κ2) is 9.99. The van der Waals surface area contributed by atoms with E-state index < -0.39 is 0 Å². The number of carbonyl (C=O) groups is 2. The molecule has 1 saturated heterocycles. The van der Waals surface area contributed by atoms with Crippen LogP contribution in [0.1, 0.15) is 37.8 Å². The number of carbonyl (C=O) groups excluding carboxylic acids is 2. The largest absolute Gasteiger partial charge is 0.378 e. The van der Waals surface area contributed by atoms with Gasteiger partial charge in [0.1, 0.15) is 0 Å². The van der Waals surface area contributed by atoms with Gasteiger partial charge in [0.25, 0.3) is 11.8 Å². The lowest BCUT2D eigenvalue weighted by molar-refractivity contribution is 0.0296. The van der Waals surface area contributed by atoms with Crippen LogP contribution in [0.4, 0.5) is 0 Å². The van der Waals surface area contributed by atoms with Gasteiger partial charge in [-0.25, -0.2) is 0 Å². The summed E-state index contributed by atoms with van der Waals surface area (Å²) in [5, 5.41) is 4.77. The van der Waals surface area contributed by atoms with Crippen molar-refractivity contribution in [2.24, 2.45) is 0 Å². The summed E-state index contributed by atoms with van der Waals surface area (Å²) in [6.07, 6.45) is 4.37.